The molecule has 0 aliphatic carbocycles. The highest BCUT2D eigenvalue weighted by atomic mass is 35.5. The van der Waals surface area contributed by atoms with Crippen LogP contribution < -0.4 is 0 Å². The van der Waals surface area contributed by atoms with Gasteiger partial charge in [-0.05, 0) is 27.7 Å². The maximum Gasteiger partial charge on any atom is 0.411 e. The van der Waals surface area contributed by atoms with Gasteiger partial charge in [0, 0.05) is 13.1 Å². The second-order valence-electron chi connectivity index (χ2n) is 6.29. The lowest BCUT2D eigenvalue weighted by molar-refractivity contribution is -0.0267. The van der Waals surface area contributed by atoms with Crippen molar-refractivity contribution in [1.29, 1.82) is 0 Å². The van der Waals surface area contributed by atoms with E-state index in [9.17, 15) is 9.59 Å². The number of carbonyl (C=O) groups is 2. The first-order chi connectivity index (χ1) is 10.7. The minimum Gasteiger partial charge on any atom is -0.444 e. The summed E-state index contributed by atoms with van der Waals surface area (Å²) in [4.78, 5) is 26.6. The lowest BCUT2D eigenvalue weighted by Gasteiger charge is -2.35. The predicted molar refractivity (Wildman–Crippen MR) is 84.8 cm³/mol. The van der Waals surface area contributed by atoms with Crippen LogP contribution in [0.15, 0.2) is 6.20 Å². The zero-order valence-electron chi connectivity index (χ0n) is 13.8. The van der Waals surface area contributed by atoms with E-state index in [1.54, 1.807) is 20.8 Å². The number of aryl methyl sites for hydroxylation is 1. The Kier molecular flexibility index (Phi) is 5.31. The largest absolute Gasteiger partial charge is 0.444 e. The normalized spacial score (nSPS) is 18.8. The van der Waals surface area contributed by atoms with Gasteiger partial charge in [0.2, 0.25) is 5.78 Å². The number of halogens is 1. The summed E-state index contributed by atoms with van der Waals surface area (Å²) in [6.45, 7) is 8.49. The van der Waals surface area contributed by atoms with Crippen molar-refractivity contribution in [3.05, 3.63) is 16.9 Å². The molecule has 1 aliphatic heterocycles. The van der Waals surface area contributed by atoms with Crippen molar-refractivity contribution >= 4 is 23.5 Å². The number of hydrogen-bond donors (Lipinski definition) is 0. The number of morpholine rings is 1. The quantitative estimate of drug-likeness (QED) is 0.788. The molecule has 1 aromatic rings. The van der Waals surface area contributed by atoms with E-state index in [1.165, 1.54) is 15.8 Å². The SMILES string of the molecule is CCn1ncc(Cl)c1C(=O)C1COCCN1C(=O)OC(C)(C)C. The maximum atomic E-state index is 12.9. The Morgan fingerprint density at radius 2 is 2.17 bits per heavy atom. The molecule has 0 aromatic carbocycles. The van der Waals surface area contributed by atoms with E-state index in [4.69, 9.17) is 21.1 Å². The van der Waals surface area contributed by atoms with E-state index in [0.29, 0.717) is 25.4 Å². The van der Waals surface area contributed by atoms with Crippen LogP contribution in [-0.2, 0) is 16.0 Å². The summed E-state index contributed by atoms with van der Waals surface area (Å²) in [5, 5.41) is 4.34. The van der Waals surface area contributed by atoms with E-state index in [-0.39, 0.29) is 17.4 Å². The van der Waals surface area contributed by atoms with Gasteiger partial charge >= 0.3 is 6.09 Å². The summed E-state index contributed by atoms with van der Waals surface area (Å²) in [5.74, 6) is -0.292. The molecule has 2 rings (SSSR count). The third-order valence-corrected chi connectivity index (χ3v) is 3.66. The van der Waals surface area contributed by atoms with Gasteiger partial charge in [0.15, 0.2) is 0 Å². The summed E-state index contributed by atoms with van der Waals surface area (Å²) >= 11 is 6.09. The van der Waals surface area contributed by atoms with Gasteiger partial charge in [-0.25, -0.2) is 4.79 Å². The van der Waals surface area contributed by atoms with Gasteiger partial charge in [0.25, 0.3) is 0 Å². The summed E-state index contributed by atoms with van der Waals surface area (Å²) in [7, 11) is 0. The highest BCUT2D eigenvalue weighted by Crippen LogP contribution is 2.22. The van der Waals surface area contributed by atoms with E-state index >= 15 is 0 Å². The molecule has 1 fully saturated rings. The fraction of sp³-hybridized carbons (Fsp3) is 0.667. The zero-order valence-corrected chi connectivity index (χ0v) is 14.6. The van der Waals surface area contributed by atoms with Crippen molar-refractivity contribution < 1.29 is 19.1 Å². The van der Waals surface area contributed by atoms with E-state index in [0.717, 1.165) is 0 Å². The highest BCUT2D eigenvalue weighted by Gasteiger charge is 2.37. The number of aromatic nitrogens is 2. The minimum absolute atomic E-state index is 0.114. The minimum atomic E-state index is -0.766. The lowest BCUT2D eigenvalue weighted by atomic mass is 10.1. The third kappa shape index (κ3) is 4.03. The molecule has 128 valence electrons. The molecule has 0 N–H and O–H groups in total. The Morgan fingerprint density at radius 1 is 1.48 bits per heavy atom. The first-order valence-corrected chi connectivity index (χ1v) is 7.95. The molecule has 1 atom stereocenters. The maximum absolute atomic E-state index is 12.9. The number of rotatable bonds is 3. The van der Waals surface area contributed by atoms with Crippen LogP contribution in [0.25, 0.3) is 0 Å². The molecule has 0 saturated carbocycles. The Bertz CT molecular complexity index is 594. The van der Waals surface area contributed by atoms with Gasteiger partial charge in [-0.2, -0.15) is 5.10 Å². The molecule has 8 heteroatoms. The molecule has 2 heterocycles. The summed E-state index contributed by atoms with van der Waals surface area (Å²) in [5.41, 5.74) is -0.343. The van der Waals surface area contributed by atoms with Gasteiger partial charge in [-0.15, -0.1) is 0 Å². The van der Waals surface area contributed by atoms with Gasteiger partial charge in [0.05, 0.1) is 24.4 Å². The monoisotopic (exact) mass is 343 g/mol. The number of nitrogens with zero attached hydrogens (tertiary/aromatic N) is 3. The zero-order chi connectivity index (χ0) is 17.2. The van der Waals surface area contributed by atoms with Crippen LogP contribution in [-0.4, -0.2) is 58.0 Å². The summed E-state index contributed by atoms with van der Waals surface area (Å²) in [6, 6.07) is -0.766. The van der Waals surface area contributed by atoms with Crippen molar-refractivity contribution in [2.75, 3.05) is 19.8 Å². The molecule has 0 radical (unpaired) electrons. The number of amides is 1. The van der Waals surface area contributed by atoms with Crippen molar-refractivity contribution in [1.82, 2.24) is 14.7 Å². The van der Waals surface area contributed by atoms with Crippen LogP contribution in [0.3, 0.4) is 0 Å². The third-order valence-electron chi connectivity index (χ3n) is 3.39. The topological polar surface area (TPSA) is 73.7 Å². The second-order valence-corrected chi connectivity index (χ2v) is 6.69. The van der Waals surface area contributed by atoms with Gasteiger partial charge in [0.1, 0.15) is 17.3 Å². The molecule has 23 heavy (non-hydrogen) atoms. The molecule has 1 saturated heterocycles. The molecule has 1 amide bonds. The smallest absolute Gasteiger partial charge is 0.411 e. The molecule has 1 unspecified atom stereocenters. The second kappa shape index (κ2) is 6.88. The van der Waals surface area contributed by atoms with Crippen molar-refractivity contribution in [2.24, 2.45) is 0 Å². The molecule has 1 aromatic heterocycles. The number of ether oxygens (including phenoxy) is 2. The summed E-state index contributed by atoms with van der Waals surface area (Å²) < 4.78 is 12.3. The number of Topliss-reactive ketones (excluding diaryl/α,β-unsaturated/α-hetero) is 1. The van der Waals surface area contributed by atoms with Crippen LogP contribution in [0.4, 0.5) is 4.79 Å². The molecule has 7 nitrogen and oxygen atoms in total. The van der Waals surface area contributed by atoms with Crippen molar-refractivity contribution in [3.63, 3.8) is 0 Å². The predicted octanol–water partition coefficient (Wildman–Crippen LogP) is 2.38. The van der Waals surface area contributed by atoms with E-state index < -0.39 is 17.7 Å². The van der Waals surface area contributed by atoms with Gasteiger partial charge < -0.3 is 9.47 Å². The Balaban J connectivity index is 2.25. The van der Waals surface area contributed by atoms with Crippen LogP contribution in [0, 0.1) is 0 Å². The average molecular weight is 344 g/mol. The molecule has 1 aliphatic rings. The first-order valence-electron chi connectivity index (χ1n) is 7.57. The average Bonchev–Trinajstić information content (AvgIpc) is 2.85. The number of carbonyl (C=O) groups excluding carboxylic acids is 2. The fourth-order valence-corrected chi connectivity index (χ4v) is 2.60. The molecular weight excluding hydrogens is 322 g/mol. The lowest BCUT2D eigenvalue weighted by Crippen LogP contribution is -2.54. The fourth-order valence-electron chi connectivity index (χ4n) is 2.37. The molecule has 0 bridgehead atoms. The standard InChI is InChI=1S/C15H22ClN3O4/c1-5-19-12(10(16)8-17-19)13(20)11-9-22-7-6-18(11)14(21)23-15(2,3)4/h8,11H,5-7,9H2,1-4H3. The van der Waals surface area contributed by atoms with Crippen LogP contribution in [0.1, 0.15) is 38.2 Å². The van der Waals surface area contributed by atoms with Crippen molar-refractivity contribution in [3.8, 4) is 0 Å². The van der Waals surface area contributed by atoms with Crippen LogP contribution in [0.5, 0.6) is 0 Å². The van der Waals surface area contributed by atoms with Crippen LogP contribution >= 0.6 is 11.6 Å². The molecular formula is C15H22ClN3O4. The van der Waals surface area contributed by atoms with Gasteiger partial charge in [-0.3, -0.25) is 14.4 Å². The van der Waals surface area contributed by atoms with E-state index in [1.807, 2.05) is 6.92 Å². The Hall–Kier alpha value is -1.60. The Morgan fingerprint density at radius 3 is 2.78 bits per heavy atom. The van der Waals surface area contributed by atoms with Gasteiger partial charge in [-0.1, -0.05) is 11.6 Å². The first kappa shape index (κ1) is 17.7. The highest BCUT2D eigenvalue weighted by molar-refractivity contribution is 6.33. The van der Waals surface area contributed by atoms with E-state index in [2.05, 4.69) is 5.10 Å². The van der Waals surface area contributed by atoms with Crippen molar-refractivity contribution in [2.45, 2.75) is 45.9 Å². The summed E-state index contributed by atoms with van der Waals surface area (Å²) in [6.07, 6.45) is 0.901. The molecule has 0 spiro atoms. The van der Waals surface area contributed by atoms with Crippen LogP contribution in [0.2, 0.25) is 5.02 Å². The Labute approximate surface area is 140 Å². The number of ketones is 1. The number of hydrogen-bond acceptors (Lipinski definition) is 5.